The van der Waals surface area contributed by atoms with Gasteiger partial charge in [-0.25, -0.2) is 4.98 Å². The molecule has 0 atom stereocenters. The van der Waals surface area contributed by atoms with Crippen LogP contribution in [-0.2, 0) is 6.54 Å². The predicted molar refractivity (Wildman–Crippen MR) is 113 cm³/mol. The van der Waals surface area contributed by atoms with Crippen molar-refractivity contribution in [3.05, 3.63) is 60.4 Å². The molecule has 0 unspecified atom stereocenters. The van der Waals surface area contributed by atoms with Crippen LogP contribution in [0.15, 0.2) is 54.9 Å². The number of nitrogens with one attached hydrogen (secondary N) is 2. The first-order chi connectivity index (χ1) is 13.7. The Hall–Kier alpha value is -3.19. The number of hydrogen-bond donors (Lipinski definition) is 2. The average molecular weight is 378 g/mol. The van der Waals surface area contributed by atoms with Crippen molar-refractivity contribution in [2.24, 2.45) is 0 Å². The van der Waals surface area contributed by atoms with Gasteiger partial charge in [-0.15, -0.1) is 0 Å². The zero-order valence-electron chi connectivity index (χ0n) is 16.5. The van der Waals surface area contributed by atoms with E-state index in [4.69, 9.17) is 4.74 Å². The summed E-state index contributed by atoms with van der Waals surface area (Å²) in [5, 5.41) is 6.69. The first kappa shape index (κ1) is 19.6. The van der Waals surface area contributed by atoms with Gasteiger partial charge in [0.15, 0.2) is 0 Å². The van der Waals surface area contributed by atoms with Crippen LogP contribution < -0.4 is 15.4 Å². The molecule has 0 saturated carbocycles. The zero-order valence-corrected chi connectivity index (χ0v) is 16.5. The van der Waals surface area contributed by atoms with Gasteiger partial charge in [0.2, 0.25) is 5.95 Å². The Morgan fingerprint density at radius 1 is 1.00 bits per heavy atom. The van der Waals surface area contributed by atoms with E-state index in [1.807, 2.05) is 56.6 Å². The van der Waals surface area contributed by atoms with Crippen LogP contribution in [0.5, 0.6) is 5.75 Å². The molecule has 146 valence electrons. The lowest BCUT2D eigenvalue weighted by molar-refractivity contribution is 0.410. The van der Waals surface area contributed by atoms with E-state index in [1.165, 1.54) is 0 Å². The molecule has 0 aliphatic carbocycles. The third-order valence-electron chi connectivity index (χ3n) is 4.20. The van der Waals surface area contributed by atoms with E-state index in [2.05, 4.69) is 30.5 Å². The summed E-state index contributed by atoms with van der Waals surface area (Å²) < 4.78 is 5.43. The van der Waals surface area contributed by atoms with Gasteiger partial charge >= 0.3 is 0 Å². The molecule has 7 nitrogen and oxygen atoms in total. The molecular weight excluding hydrogens is 352 g/mol. The normalized spacial score (nSPS) is 10.7. The minimum Gasteiger partial charge on any atom is -0.496 e. The SMILES string of the molecule is COc1ccccc1CNc1cc(-c2ccncc2)nc(NCCN(C)C)n1. The van der Waals surface area contributed by atoms with Crippen molar-refractivity contribution in [1.82, 2.24) is 19.9 Å². The lowest BCUT2D eigenvalue weighted by atomic mass is 10.2. The summed E-state index contributed by atoms with van der Waals surface area (Å²) in [7, 11) is 5.75. The molecule has 2 aromatic heterocycles. The monoisotopic (exact) mass is 378 g/mol. The largest absolute Gasteiger partial charge is 0.496 e. The number of methoxy groups -OCH3 is 1. The Morgan fingerprint density at radius 2 is 1.79 bits per heavy atom. The molecule has 0 bridgehead atoms. The lowest BCUT2D eigenvalue weighted by Crippen LogP contribution is -2.21. The summed E-state index contributed by atoms with van der Waals surface area (Å²) in [6, 6.07) is 13.8. The van der Waals surface area contributed by atoms with Crippen LogP contribution in [0, 0.1) is 0 Å². The first-order valence-corrected chi connectivity index (χ1v) is 9.19. The van der Waals surface area contributed by atoms with Crippen molar-refractivity contribution in [3.8, 4) is 17.0 Å². The number of pyridine rings is 1. The van der Waals surface area contributed by atoms with E-state index in [0.717, 1.165) is 41.5 Å². The van der Waals surface area contributed by atoms with Gasteiger partial charge in [-0.2, -0.15) is 4.98 Å². The number of hydrogen-bond acceptors (Lipinski definition) is 7. The van der Waals surface area contributed by atoms with Gasteiger partial charge in [-0.05, 0) is 32.3 Å². The number of aromatic nitrogens is 3. The van der Waals surface area contributed by atoms with E-state index in [9.17, 15) is 0 Å². The molecule has 1 aromatic carbocycles. The Bertz CT molecular complexity index is 885. The minimum absolute atomic E-state index is 0.596. The highest BCUT2D eigenvalue weighted by Crippen LogP contribution is 2.23. The molecule has 0 aliphatic heterocycles. The van der Waals surface area contributed by atoms with Gasteiger partial charge in [0.1, 0.15) is 11.6 Å². The molecule has 2 heterocycles. The fourth-order valence-corrected chi connectivity index (χ4v) is 2.71. The Labute approximate surface area is 165 Å². The van der Waals surface area contributed by atoms with Gasteiger partial charge in [-0.1, -0.05) is 18.2 Å². The number of nitrogens with zero attached hydrogens (tertiary/aromatic N) is 4. The fraction of sp³-hybridized carbons (Fsp3) is 0.286. The fourth-order valence-electron chi connectivity index (χ4n) is 2.71. The van der Waals surface area contributed by atoms with Crippen LogP contribution in [-0.4, -0.2) is 54.1 Å². The molecule has 7 heteroatoms. The summed E-state index contributed by atoms with van der Waals surface area (Å²) in [4.78, 5) is 15.5. The maximum absolute atomic E-state index is 5.43. The average Bonchev–Trinajstić information content (AvgIpc) is 2.72. The zero-order chi connectivity index (χ0) is 19.8. The van der Waals surface area contributed by atoms with Crippen LogP contribution in [0.1, 0.15) is 5.56 Å². The van der Waals surface area contributed by atoms with E-state index >= 15 is 0 Å². The molecule has 0 aliphatic rings. The van der Waals surface area contributed by atoms with Crippen molar-refractivity contribution >= 4 is 11.8 Å². The predicted octanol–water partition coefficient (Wildman–Crippen LogP) is 3.13. The van der Waals surface area contributed by atoms with E-state index in [-0.39, 0.29) is 0 Å². The topological polar surface area (TPSA) is 75.2 Å². The third kappa shape index (κ3) is 5.40. The third-order valence-corrected chi connectivity index (χ3v) is 4.20. The maximum Gasteiger partial charge on any atom is 0.225 e. The van der Waals surface area contributed by atoms with Crippen molar-refractivity contribution in [3.63, 3.8) is 0 Å². The van der Waals surface area contributed by atoms with E-state index in [0.29, 0.717) is 12.5 Å². The summed E-state index contributed by atoms with van der Waals surface area (Å²) in [6.45, 7) is 2.26. The van der Waals surface area contributed by atoms with Gasteiger partial charge in [0.25, 0.3) is 0 Å². The summed E-state index contributed by atoms with van der Waals surface area (Å²) in [5.41, 5.74) is 2.90. The highest BCUT2D eigenvalue weighted by atomic mass is 16.5. The second-order valence-corrected chi connectivity index (χ2v) is 6.59. The minimum atomic E-state index is 0.596. The molecule has 28 heavy (non-hydrogen) atoms. The van der Waals surface area contributed by atoms with Gasteiger partial charge in [-0.3, -0.25) is 4.98 Å². The molecule has 3 aromatic rings. The number of anilines is 2. The summed E-state index contributed by atoms with van der Waals surface area (Å²) in [6.07, 6.45) is 3.52. The second kappa shape index (κ2) is 9.66. The molecule has 0 spiro atoms. The van der Waals surface area contributed by atoms with Gasteiger partial charge in [0, 0.05) is 49.2 Å². The first-order valence-electron chi connectivity index (χ1n) is 9.19. The molecule has 0 radical (unpaired) electrons. The standard InChI is InChI=1S/C21H26N6O/c1-27(2)13-12-23-21-25-18(16-8-10-22-11-9-16)14-20(26-21)24-15-17-6-4-5-7-19(17)28-3/h4-11,14H,12-13,15H2,1-3H3,(H2,23,24,25,26). The second-order valence-electron chi connectivity index (χ2n) is 6.59. The van der Waals surface area contributed by atoms with Gasteiger partial charge in [0.05, 0.1) is 12.8 Å². The number of likely N-dealkylation sites (N-methyl/N-ethyl adjacent to an activating group) is 1. The van der Waals surface area contributed by atoms with Crippen molar-refractivity contribution < 1.29 is 4.74 Å². The van der Waals surface area contributed by atoms with Gasteiger partial charge < -0.3 is 20.3 Å². The highest BCUT2D eigenvalue weighted by Gasteiger charge is 2.08. The summed E-state index contributed by atoms with van der Waals surface area (Å²) in [5.74, 6) is 2.20. The lowest BCUT2D eigenvalue weighted by Gasteiger charge is -2.14. The maximum atomic E-state index is 5.43. The molecule has 0 fully saturated rings. The Balaban J connectivity index is 1.82. The molecule has 0 saturated heterocycles. The van der Waals surface area contributed by atoms with E-state index in [1.54, 1.807) is 19.5 Å². The van der Waals surface area contributed by atoms with Crippen LogP contribution in [0.3, 0.4) is 0 Å². The number of para-hydroxylation sites is 1. The number of benzene rings is 1. The quantitative estimate of drug-likeness (QED) is 0.592. The van der Waals surface area contributed by atoms with E-state index < -0.39 is 0 Å². The molecule has 2 N–H and O–H groups in total. The highest BCUT2D eigenvalue weighted by molar-refractivity contribution is 5.64. The Kier molecular flexibility index (Phi) is 6.75. The summed E-state index contributed by atoms with van der Waals surface area (Å²) >= 11 is 0. The molecular formula is C21H26N6O. The molecule has 3 rings (SSSR count). The van der Waals surface area contributed by atoms with Crippen LogP contribution >= 0.6 is 0 Å². The molecule has 0 amide bonds. The van der Waals surface area contributed by atoms with Crippen molar-refractivity contribution in [2.75, 3.05) is 44.9 Å². The Morgan fingerprint density at radius 3 is 2.54 bits per heavy atom. The van der Waals surface area contributed by atoms with Crippen molar-refractivity contribution in [2.45, 2.75) is 6.54 Å². The van der Waals surface area contributed by atoms with Crippen LogP contribution in [0.2, 0.25) is 0 Å². The number of ether oxygens (including phenoxy) is 1. The van der Waals surface area contributed by atoms with Crippen molar-refractivity contribution in [1.29, 1.82) is 0 Å². The number of rotatable bonds is 9. The van der Waals surface area contributed by atoms with Crippen LogP contribution in [0.25, 0.3) is 11.3 Å². The van der Waals surface area contributed by atoms with Crippen LogP contribution in [0.4, 0.5) is 11.8 Å². The smallest absolute Gasteiger partial charge is 0.225 e.